The summed E-state index contributed by atoms with van der Waals surface area (Å²) in [4.78, 5) is 6.27. The lowest BCUT2D eigenvalue weighted by Crippen LogP contribution is -2.25. The molecule has 1 aliphatic heterocycles. The van der Waals surface area contributed by atoms with Crippen molar-refractivity contribution < 1.29 is 5.11 Å². The van der Waals surface area contributed by atoms with Gasteiger partial charge in [0.25, 0.3) is 0 Å². The molecule has 0 bridgehead atoms. The van der Waals surface area contributed by atoms with Crippen LogP contribution in [0.4, 0.5) is 5.69 Å². The van der Waals surface area contributed by atoms with Crippen LogP contribution in [0.5, 0.6) is 0 Å². The van der Waals surface area contributed by atoms with Gasteiger partial charge in [0.05, 0.1) is 17.8 Å². The molecule has 4 rings (SSSR count). The molecule has 1 aliphatic rings. The number of amidine groups is 1. The van der Waals surface area contributed by atoms with E-state index in [1.54, 1.807) is 4.90 Å². The topological polar surface area (TPSA) is 64.6 Å². The van der Waals surface area contributed by atoms with E-state index in [4.69, 9.17) is 5.41 Å². The Morgan fingerprint density at radius 3 is 2.59 bits per heavy atom. The number of pyridine rings is 1. The third-order valence-corrected chi connectivity index (χ3v) is 3.79. The highest BCUT2D eigenvalue weighted by Crippen LogP contribution is 2.30. The first-order valence-corrected chi connectivity index (χ1v) is 7.02. The Kier molecular flexibility index (Phi) is 2.72. The molecule has 0 aliphatic carbocycles. The SMILES string of the molecule is N=C1C(c2cn3ccccc3n2)=C(O)CN1c1ccccc1. The first-order valence-electron chi connectivity index (χ1n) is 7.02. The molecule has 22 heavy (non-hydrogen) atoms. The van der Waals surface area contributed by atoms with Crippen LogP contribution in [0.1, 0.15) is 5.69 Å². The Balaban J connectivity index is 1.75. The summed E-state index contributed by atoms with van der Waals surface area (Å²) < 4.78 is 1.88. The number of hydrogen-bond donors (Lipinski definition) is 2. The Labute approximate surface area is 127 Å². The molecule has 0 radical (unpaired) electrons. The zero-order chi connectivity index (χ0) is 15.1. The zero-order valence-corrected chi connectivity index (χ0v) is 11.8. The number of imidazole rings is 1. The smallest absolute Gasteiger partial charge is 0.138 e. The number of fused-ring (bicyclic) bond motifs is 1. The van der Waals surface area contributed by atoms with Gasteiger partial charge in [-0.3, -0.25) is 5.41 Å². The highest BCUT2D eigenvalue weighted by atomic mass is 16.3. The molecule has 108 valence electrons. The monoisotopic (exact) mass is 290 g/mol. The van der Waals surface area contributed by atoms with Crippen LogP contribution in [0.3, 0.4) is 0 Å². The fourth-order valence-corrected chi connectivity index (χ4v) is 2.73. The van der Waals surface area contributed by atoms with Gasteiger partial charge in [-0.15, -0.1) is 0 Å². The van der Waals surface area contributed by atoms with E-state index in [0.29, 0.717) is 17.8 Å². The molecular formula is C17H14N4O. The van der Waals surface area contributed by atoms with Crippen LogP contribution >= 0.6 is 0 Å². The van der Waals surface area contributed by atoms with Gasteiger partial charge in [-0.25, -0.2) is 4.98 Å². The molecule has 3 aromatic rings. The van der Waals surface area contributed by atoms with Crippen molar-refractivity contribution in [2.24, 2.45) is 0 Å². The zero-order valence-electron chi connectivity index (χ0n) is 11.8. The van der Waals surface area contributed by atoms with Gasteiger partial charge in [-0.2, -0.15) is 0 Å². The molecule has 5 nitrogen and oxygen atoms in total. The molecular weight excluding hydrogens is 276 g/mol. The molecule has 0 amide bonds. The van der Waals surface area contributed by atoms with Crippen molar-refractivity contribution in [1.82, 2.24) is 9.38 Å². The predicted molar refractivity (Wildman–Crippen MR) is 86.3 cm³/mol. The molecule has 0 fully saturated rings. The van der Waals surface area contributed by atoms with E-state index in [2.05, 4.69) is 4.98 Å². The van der Waals surface area contributed by atoms with Crippen molar-refractivity contribution in [2.45, 2.75) is 0 Å². The summed E-state index contributed by atoms with van der Waals surface area (Å²) in [6.45, 7) is 0.298. The van der Waals surface area contributed by atoms with Crippen LogP contribution in [0, 0.1) is 5.41 Å². The number of para-hydroxylation sites is 1. The van der Waals surface area contributed by atoms with Gasteiger partial charge in [0, 0.05) is 18.1 Å². The Bertz CT molecular complexity index is 862. The van der Waals surface area contributed by atoms with E-state index >= 15 is 0 Å². The number of aliphatic hydroxyl groups excluding tert-OH is 1. The Morgan fingerprint density at radius 2 is 1.82 bits per heavy atom. The van der Waals surface area contributed by atoms with E-state index < -0.39 is 0 Å². The second kappa shape index (κ2) is 4.73. The number of aliphatic hydroxyl groups is 1. The van der Waals surface area contributed by atoms with Gasteiger partial charge in [0.2, 0.25) is 0 Å². The fraction of sp³-hybridized carbons (Fsp3) is 0.0588. The molecule has 5 heteroatoms. The van der Waals surface area contributed by atoms with Gasteiger partial charge < -0.3 is 14.4 Å². The van der Waals surface area contributed by atoms with Gasteiger partial charge >= 0.3 is 0 Å². The fourth-order valence-electron chi connectivity index (χ4n) is 2.73. The molecule has 0 spiro atoms. The highest BCUT2D eigenvalue weighted by molar-refractivity contribution is 6.30. The number of benzene rings is 1. The van der Waals surface area contributed by atoms with Crippen LogP contribution in [0.25, 0.3) is 11.2 Å². The van der Waals surface area contributed by atoms with Gasteiger partial charge in [0.15, 0.2) is 0 Å². The maximum Gasteiger partial charge on any atom is 0.138 e. The minimum atomic E-state index is 0.178. The third-order valence-electron chi connectivity index (χ3n) is 3.79. The minimum Gasteiger partial charge on any atom is -0.510 e. The molecule has 0 atom stereocenters. The standard InChI is InChI=1S/C17H14N4O/c18-17-16(13-10-20-9-5-4-8-15(20)19-13)14(22)11-21(17)12-6-2-1-3-7-12/h1-10,18,22H,11H2. The lowest BCUT2D eigenvalue weighted by Gasteiger charge is -2.18. The lowest BCUT2D eigenvalue weighted by atomic mass is 10.2. The number of hydrogen-bond acceptors (Lipinski definition) is 3. The molecule has 2 N–H and O–H groups in total. The van der Waals surface area contributed by atoms with Crippen molar-refractivity contribution in [3.8, 4) is 0 Å². The summed E-state index contributed by atoms with van der Waals surface area (Å²) in [6, 6.07) is 15.3. The second-order valence-corrected chi connectivity index (χ2v) is 5.18. The van der Waals surface area contributed by atoms with Crippen molar-refractivity contribution in [1.29, 1.82) is 5.41 Å². The van der Waals surface area contributed by atoms with E-state index in [-0.39, 0.29) is 11.6 Å². The maximum absolute atomic E-state index is 10.3. The van der Waals surface area contributed by atoms with Crippen LogP contribution in [-0.4, -0.2) is 26.9 Å². The second-order valence-electron chi connectivity index (χ2n) is 5.18. The molecule has 0 unspecified atom stereocenters. The largest absolute Gasteiger partial charge is 0.510 e. The van der Waals surface area contributed by atoms with Crippen molar-refractivity contribution in [3.63, 3.8) is 0 Å². The van der Waals surface area contributed by atoms with E-state index in [1.165, 1.54) is 0 Å². The van der Waals surface area contributed by atoms with Crippen molar-refractivity contribution in [2.75, 3.05) is 11.4 Å². The molecule has 3 heterocycles. The van der Waals surface area contributed by atoms with Crippen LogP contribution in [0.2, 0.25) is 0 Å². The van der Waals surface area contributed by atoms with E-state index in [9.17, 15) is 5.11 Å². The van der Waals surface area contributed by atoms with Gasteiger partial charge in [-0.05, 0) is 24.3 Å². The van der Waals surface area contributed by atoms with E-state index in [1.807, 2.05) is 65.3 Å². The summed E-state index contributed by atoms with van der Waals surface area (Å²) in [7, 11) is 0. The van der Waals surface area contributed by atoms with Crippen molar-refractivity contribution >= 4 is 22.7 Å². The first-order chi connectivity index (χ1) is 10.7. The predicted octanol–water partition coefficient (Wildman–Crippen LogP) is 3.10. The van der Waals surface area contributed by atoms with Crippen LogP contribution < -0.4 is 4.90 Å². The number of nitrogens with one attached hydrogen (secondary N) is 1. The normalized spacial score (nSPS) is 15.1. The summed E-state index contributed by atoms with van der Waals surface area (Å²) in [5, 5.41) is 18.7. The van der Waals surface area contributed by atoms with E-state index in [0.717, 1.165) is 11.3 Å². The molecule has 0 saturated heterocycles. The maximum atomic E-state index is 10.3. The number of nitrogens with zero attached hydrogens (tertiary/aromatic N) is 3. The highest BCUT2D eigenvalue weighted by Gasteiger charge is 2.30. The summed E-state index contributed by atoms with van der Waals surface area (Å²) in [5.41, 5.74) is 2.79. The average molecular weight is 290 g/mol. The van der Waals surface area contributed by atoms with Gasteiger partial charge in [-0.1, -0.05) is 24.3 Å². The first kappa shape index (κ1) is 12.6. The third kappa shape index (κ3) is 1.87. The van der Waals surface area contributed by atoms with Crippen LogP contribution in [0.15, 0.2) is 66.7 Å². The van der Waals surface area contributed by atoms with Crippen molar-refractivity contribution in [3.05, 3.63) is 72.4 Å². The average Bonchev–Trinajstić information content (AvgIpc) is 3.08. The number of anilines is 1. The summed E-state index contributed by atoms with van der Waals surface area (Å²) in [6.07, 6.45) is 3.74. The minimum absolute atomic E-state index is 0.178. The summed E-state index contributed by atoms with van der Waals surface area (Å²) >= 11 is 0. The number of rotatable bonds is 2. The molecule has 1 aromatic carbocycles. The number of aromatic nitrogens is 2. The quantitative estimate of drug-likeness (QED) is 0.762. The Morgan fingerprint density at radius 1 is 1.05 bits per heavy atom. The Hall–Kier alpha value is -3.08. The van der Waals surface area contributed by atoms with Crippen LogP contribution in [-0.2, 0) is 0 Å². The molecule has 2 aromatic heterocycles. The lowest BCUT2D eigenvalue weighted by molar-refractivity contribution is 0.411. The summed E-state index contributed by atoms with van der Waals surface area (Å²) in [5.74, 6) is 0.448. The van der Waals surface area contributed by atoms with Gasteiger partial charge in [0.1, 0.15) is 17.2 Å². The molecule has 0 saturated carbocycles.